The maximum absolute atomic E-state index is 9.68. The van der Waals surface area contributed by atoms with Crippen LogP contribution in [0.1, 0.15) is 42.7 Å². The minimum absolute atomic E-state index is 0.0554. The Morgan fingerprint density at radius 2 is 2.11 bits per heavy atom. The van der Waals surface area contributed by atoms with Crippen LogP contribution in [0.5, 0.6) is 11.5 Å². The highest BCUT2D eigenvalue weighted by Crippen LogP contribution is 2.51. The van der Waals surface area contributed by atoms with Gasteiger partial charge in [-0.2, -0.15) is 0 Å². The number of hydrogen-bond donors (Lipinski definition) is 1. The summed E-state index contributed by atoms with van der Waals surface area (Å²) in [4.78, 5) is 4.48. The highest BCUT2D eigenvalue weighted by atomic mass is 16.5. The maximum atomic E-state index is 9.68. The van der Waals surface area contributed by atoms with E-state index in [0.29, 0.717) is 12.9 Å². The topological polar surface area (TPSA) is 60.8 Å². The van der Waals surface area contributed by atoms with Gasteiger partial charge in [-0.1, -0.05) is 6.07 Å². The summed E-state index contributed by atoms with van der Waals surface area (Å²) in [5, 5.41) is 9.68. The Hall–Kier alpha value is -2.05. The number of fused-ring (bicyclic) bond motifs is 1. The van der Waals surface area contributed by atoms with Gasteiger partial charge >= 0.3 is 7.12 Å². The molecule has 140 valence electrons. The Labute approximate surface area is 159 Å². The lowest BCUT2D eigenvalue weighted by Crippen LogP contribution is -2.30. The number of ether oxygens (including phenoxy) is 2. The van der Waals surface area contributed by atoms with Crippen LogP contribution in [0.25, 0.3) is 11.1 Å². The van der Waals surface area contributed by atoms with Crippen LogP contribution in [0.15, 0.2) is 30.6 Å². The molecule has 0 bridgehead atoms. The molecule has 1 saturated carbocycles. The molecule has 27 heavy (non-hydrogen) atoms. The first-order chi connectivity index (χ1) is 13.2. The van der Waals surface area contributed by atoms with Crippen molar-refractivity contribution in [3.63, 3.8) is 0 Å². The molecule has 3 aliphatic rings. The molecule has 1 aliphatic carbocycles. The van der Waals surface area contributed by atoms with Gasteiger partial charge in [-0.15, -0.1) is 0 Å². The van der Waals surface area contributed by atoms with Crippen LogP contribution < -0.4 is 9.47 Å². The Balaban J connectivity index is 1.54. The van der Waals surface area contributed by atoms with Gasteiger partial charge < -0.3 is 19.2 Å². The first-order valence-corrected chi connectivity index (χ1v) is 9.81. The summed E-state index contributed by atoms with van der Waals surface area (Å²) in [7, 11) is 1.03. The quantitative estimate of drug-likeness (QED) is 0.843. The SMILES string of the molecule is COc1ccc(-c2cncc([C@@H]3COB(O)C3)c2)c2c1OC1(CCCC1)C2. The molecule has 1 spiro atoms. The van der Waals surface area contributed by atoms with E-state index >= 15 is 0 Å². The van der Waals surface area contributed by atoms with E-state index in [0.717, 1.165) is 41.9 Å². The van der Waals surface area contributed by atoms with E-state index in [-0.39, 0.29) is 11.5 Å². The highest BCUT2D eigenvalue weighted by molar-refractivity contribution is 6.43. The Bertz CT molecular complexity index is 865. The van der Waals surface area contributed by atoms with Crippen LogP contribution in [-0.2, 0) is 11.1 Å². The van der Waals surface area contributed by atoms with E-state index in [1.807, 2.05) is 18.5 Å². The third-order valence-electron chi connectivity index (χ3n) is 6.29. The number of nitrogens with zero attached hydrogens (tertiary/aromatic N) is 1. The van der Waals surface area contributed by atoms with Gasteiger partial charge in [-0.3, -0.25) is 4.98 Å². The number of rotatable bonds is 3. The zero-order valence-corrected chi connectivity index (χ0v) is 15.6. The van der Waals surface area contributed by atoms with Gasteiger partial charge in [0.1, 0.15) is 5.60 Å². The van der Waals surface area contributed by atoms with E-state index < -0.39 is 7.12 Å². The first-order valence-electron chi connectivity index (χ1n) is 9.81. The lowest BCUT2D eigenvalue weighted by Gasteiger charge is -2.22. The predicted molar refractivity (Wildman–Crippen MR) is 103 cm³/mol. The van der Waals surface area contributed by atoms with Gasteiger partial charge in [0.15, 0.2) is 11.5 Å². The molecule has 0 amide bonds. The highest BCUT2D eigenvalue weighted by Gasteiger charge is 2.44. The van der Waals surface area contributed by atoms with Gasteiger partial charge in [0.05, 0.1) is 7.11 Å². The van der Waals surface area contributed by atoms with Crippen LogP contribution in [0.4, 0.5) is 0 Å². The molecule has 1 aromatic heterocycles. The Morgan fingerprint density at radius 1 is 1.26 bits per heavy atom. The molecule has 0 radical (unpaired) electrons. The van der Waals surface area contributed by atoms with Crippen molar-refractivity contribution < 1.29 is 19.2 Å². The van der Waals surface area contributed by atoms with Crippen molar-refractivity contribution in [1.29, 1.82) is 0 Å². The third kappa shape index (κ3) is 2.91. The van der Waals surface area contributed by atoms with Crippen molar-refractivity contribution in [2.75, 3.05) is 13.7 Å². The van der Waals surface area contributed by atoms with Gasteiger partial charge in [-0.25, -0.2) is 0 Å². The lowest BCUT2D eigenvalue weighted by atomic mass is 9.79. The smallest absolute Gasteiger partial charge is 0.454 e. The summed E-state index contributed by atoms with van der Waals surface area (Å²) in [5.74, 6) is 1.91. The normalized spacial score (nSPS) is 22.9. The van der Waals surface area contributed by atoms with Crippen molar-refractivity contribution in [1.82, 2.24) is 4.98 Å². The van der Waals surface area contributed by atoms with Crippen molar-refractivity contribution >= 4 is 7.12 Å². The number of pyridine rings is 1. The van der Waals surface area contributed by atoms with Crippen molar-refractivity contribution in [2.24, 2.45) is 0 Å². The second kappa shape index (κ2) is 6.53. The molecule has 1 saturated heterocycles. The molecule has 1 aromatic carbocycles. The van der Waals surface area contributed by atoms with E-state index in [4.69, 9.17) is 14.1 Å². The second-order valence-corrected chi connectivity index (χ2v) is 8.02. The van der Waals surface area contributed by atoms with Gasteiger partial charge in [0.2, 0.25) is 0 Å². The molecule has 5 nitrogen and oxygen atoms in total. The number of aromatic nitrogens is 1. The average molecular weight is 365 g/mol. The molecular formula is C21H24BNO4. The second-order valence-electron chi connectivity index (χ2n) is 8.02. The summed E-state index contributed by atoms with van der Waals surface area (Å²) in [6.07, 6.45) is 10.0. The van der Waals surface area contributed by atoms with E-state index in [2.05, 4.69) is 17.1 Å². The zero-order valence-electron chi connectivity index (χ0n) is 15.6. The molecular weight excluding hydrogens is 341 g/mol. The molecule has 1 atom stereocenters. The molecule has 2 aromatic rings. The van der Waals surface area contributed by atoms with Crippen LogP contribution >= 0.6 is 0 Å². The Kier molecular flexibility index (Phi) is 4.13. The number of hydrogen-bond acceptors (Lipinski definition) is 5. The molecule has 3 heterocycles. The summed E-state index contributed by atoms with van der Waals surface area (Å²) >= 11 is 0. The number of benzene rings is 1. The largest absolute Gasteiger partial charge is 0.493 e. The molecule has 1 N–H and O–H groups in total. The van der Waals surface area contributed by atoms with Crippen molar-refractivity contribution in [3.8, 4) is 22.6 Å². The standard InChI is InChI=1S/C21H24BNO4/c1-25-19-5-4-17(18-9-21(27-20(18)19)6-2-3-7-21)15-8-14(11-23-12-15)16-10-22(24)26-13-16/h4-5,8,11-12,16,24H,2-3,6-7,9-10,13H2,1H3/t16-/m0/s1. The fourth-order valence-electron chi connectivity index (χ4n) is 4.87. The third-order valence-corrected chi connectivity index (χ3v) is 6.29. The maximum Gasteiger partial charge on any atom is 0.454 e. The van der Waals surface area contributed by atoms with E-state index in [1.54, 1.807) is 7.11 Å². The summed E-state index contributed by atoms with van der Waals surface area (Å²) in [5.41, 5.74) is 4.55. The van der Waals surface area contributed by atoms with E-state index in [9.17, 15) is 5.02 Å². The summed E-state index contributed by atoms with van der Waals surface area (Å²) in [6, 6.07) is 6.30. The summed E-state index contributed by atoms with van der Waals surface area (Å²) in [6.45, 7) is 0.541. The monoisotopic (exact) mass is 365 g/mol. The zero-order chi connectivity index (χ0) is 18.4. The van der Waals surface area contributed by atoms with Gasteiger partial charge in [-0.05, 0) is 55.3 Å². The van der Waals surface area contributed by atoms with Gasteiger partial charge in [0.25, 0.3) is 0 Å². The van der Waals surface area contributed by atoms with Crippen LogP contribution in [0.3, 0.4) is 0 Å². The van der Waals surface area contributed by atoms with Crippen molar-refractivity contribution in [2.45, 2.75) is 49.9 Å². The Morgan fingerprint density at radius 3 is 2.85 bits per heavy atom. The minimum Gasteiger partial charge on any atom is -0.493 e. The average Bonchev–Trinajstić information content (AvgIpc) is 3.41. The fourth-order valence-corrected chi connectivity index (χ4v) is 4.87. The van der Waals surface area contributed by atoms with Gasteiger partial charge in [0, 0.05) is 42.5 Å². The molecule has 6 heteroatoms. The lowest BCUT2D eigenvalue weighted by molar-refractivity contribution is 0.0996. The first kappa shape index (κ1) is 17.1. The summed E-state index contributed by atoms with van der Waals surface area (Å²) < 4.78 is 17.4. The molecule has 2 fully saturated rings. The number of methoxy groups -OCH3 is 1. The molecule has 2 aliphatic heterocycles. The van der Waals surface area contributed by atoms with E-state index in [1.165, 1.54) is 24.0 Å². The fraction of sp³-hybridized carbons (Fsp3) is 0.476. The minimum atomic E-state index is -0.667. The molecule has 5 rings (SSSR count). The van der Waals surface area contributed by atoms with Crippen LogP contribution in [-0.4, -0.2) is 36.4 Å². The van der Waals surface area contributed by atoms with Crippen molar-refractivity contribution in [3.05, 3.63) is 41.7 Å². The molecule has 0 unspecified atom stereocenters. The van der Waals surface area contributed by atoms with Crippen LogP contribution in [0, 0.1) is 0 Å². The predicted octanol–water partition coefficient (Wildman–Crippen LogP) is 3.60. The van der Waals surface area contributed by atoms with Crippen LogP contribution in [0.2, 0.25) is 6.32 Å².